The van der Waals surface area contributed by atoms with E-state index in [1.807, 2.05) is 6.07 Å². The van der Waals surface area contributed by atoms with Gasteiger partial charge in [0.15, 0.2) is 0 Å². The molecule has 8 heteroatoms. The first kappa shape index (κ1) is 14.5. The van der Waals surface area contributed by atoms with Crippen molar-refractivity contribution in [1.29, 1.82) is 5.26 Å². The van der Waals surface area contributed by atoms with Gasteiger partial charge >= 0.3 is 5.69 Å². The molecule has 0 aliphatic carbocycles. The van der Waals surface area contributed by atoms with E-state index in [0.29, 0.717) is 45.0 Å². The minimum atomic E-state index is -0.665. The second-order valence-corrected chi connectivity index (χ2v) is 5.36. The lowest BCUT2D eigenvalue weighted by molar-refractivity contribution is -0.136. The molecular formula is C14H16N4O4. The zero-order valence-electron chi connectivity index (χ0n) is 12.1. The predicted molar refractivity (Wildman–Crippen MR) is 75.4 cm³/mol. The number of nitrogens with zero attached hydrogens (tertiary/aromatic N) is 4. The van der Waals surface area contributed by atoms with Gasteiger partial charge in [0.25, 0.3) is 5.56 Å². The smallest absolute Gasteiger partial charge is 0.331 e. The maximum atomic E-state index is 12.4. The monoisotopic (exact) mass is 304 g/mol. The minimum Gasteiger partial charge on any atom is -0.378 e. The molecule has 1 fully saturated rings. The Labute approximate surface area is 126 Å². The first-order chi connectivity index (χ1) is 10.6. The summed E-state index contributed by atoms with van der Waals surface area (Å²) < 4.78 is 7.49. The molecule has 1 amide bonds. The maximum Gasteiger partial charge on any atom is 0.331 e. The van der Waals surface area contributed by atoms with E-state index in [0.717, 1.165) is 11.0 Å². The van der Waals surface area contributed by atoms with Crippen LogP contribution in [0.1, 0.15) is 17.7 Å². The van der Waals surface area contributed by atoms with Gasteiger partial charge in [-0.25, -0.2) is 9.36 Å². The molecule has 1 aromatic heterocycles. The van der Waals surface area contributed by atoms with Gasteiger partial charge in [0.1, 0.15) is 18.2 Å². The van der Waals surface area contributed by atoms with E-state index in [-0.39, 0.29) is 18.0 Å². The molecule has 2 aliphatic heterocycles. The highest BCUT2D eigenvalue weighted by molar-refractivity contribution is 5.76. The third-order valence-electron chi connectivity index (χ3n) is 4.10. The molecule has 8 nitrogen and oxygen atoms in total. The summed E-state index contributed by atoms with van der Waals surface area (Å²) in [6.07, 6.45) is 1.27. The number of ether oxygens (including phenoxy) is 1. The van der Waals surface area contributed by atoms with Crippen molar-refractivity contribution in [2.45, 2.75) is 25.9 Å². The summed E-state index contributed by atoms with van der Waals surface area (Å²) in [6, 6.07) is 1.88. The van der Waals surface area contributed by atoms with Gasteiger partial charge in [-0.3, -0.25) is 14.2 Å². The summed E-state index contributed by atoms with van der Waals surface area (Å²) in [5, 5.41) is 9.19. The second-order valence-electron chi connectivity index (χ2n) is 5.36. The quantitative estimate of drug-likeness (QED) is 0.675. The predicted octanol–water partition coefficient (Wildman–Crippen LogP) is -1.31. The van der Waals surface area contributed by atoms with Crippen LogP contribution in [0.25, 0.3) is 0 Å². The summed E-state index contributed by atoms with van der Waals surface area (Å²) in [5.41, 5.74) is -0.695. The number of amides is 1. The molecular weight excluding hydrogens is 288 g/mol. The molecule has 0 radical (unpaired) electrons. The Morgan fingerprint density at radius 3 is 2.64 bits per heavy atom. The van der Waals surface area contributed by atoms with Crippen molar-refractivity contribution in [3.8, 4) is 6.07 Å². The molecule has 0 atom stereocenters. The van der Waals surface area contributed by atoms with Crippen LogP contribution in [0.2, 0.25) is 0 Å². The van der Waals surface area contributed by atoms with Gasteiger partial charge in [-0.05, 0) is 12.8 Å². The fraction of sp³-hybridized carbons (Fsp3) is 0.571. The highest BCUT2D eigenvalue weighted by atomic mass is 16.5. The van der Waals surface area contributed by atoms with Gasteiger partial charge in [0, 0.05) is 25.3 Å². The lowest BCUT2D eigenvalue weighted by Gasteiger charge is -2.27. The van der Waals surface area contributed by atoms with Crippen LogP contribution >= 0.6 is 0 Å². The van der Waals surface area contributed by atoms with Crippen molar-refractivity contribution >= 4 is 5.91 Å². The summed E-state index contributed by atoms with van der Waals surface area (Å²) >= 11 is 0. The minimum absolute atomic E-state index is 0.0214. The van der Waals surface area contributed by atoms with Crippen LogP contribution in [-0.4, -0.2) is 46.2 Å². The topological polar surface area (TPSA) is 97.3 Å². The molecule has 3 rings (SSSR count). The van der Waals surface area contributed by atoms with E-state index in [4.69, 9.17) is 4.74 Å². The zero-order chi connectivity index (χ0) is 15.7. The maximum absolute atomic E-state index is 12.4. The Bertz CT molecular complexity index is 765. The molecule has 3 heterocycles. The highest BCUT2D eigenvalue weighted by Crippen LogP contribution is 2.13. The second kappa shape index (κ2) is 5.77. The van der Waals surface area contributed by atoms with Crippen LogP contribution in [0.3, 0.4) is 0 Å². The van der Waals surface area contributed by atoms with Crippen molar-refractivity contribution in [2.75, 3.05) is 26.3 Å². The van der Waals surface area contributed by atoms with E-state index in [9.17, 15) is 19.6 Å². The largest absolute Gasteiger partial charge is 0.378 e. The molecule has 116 valence electrons. The summed E-state index contributed by atoms with van der Waals surface area (Å²) in [4.78, 5) is 38.5. The Morgan fingerprint density at radius 1 is 1.23 bits per heavy atom. The number of rotatable bonds is 2. The molecule has 0 spiro atoms. The van der Waals surface area contributed by atoms with Gasteiger partial charge in [-0.2, -0.15) is 5.26 Å². The lowest BCUT2D eigenvalue weighted by atomic mass is 10.2. The Kier molecular flexibility index (Phi) is 3.81. The average molecular weight is 304 g/mol. The molecule has 1 saturated heterocycles. The fourth-order valence-electron chi connectivity index (χ4n) is 2.94. The molecule has 2 aliphatic rings. The molecule has 1 aromatic rings. The standard InChI is InChI=1S/C14H16N4O4/c15-8-10-11-2-1-3-17(11)14(21)18(13(10)20)9-12(19)16-4-6-22-7-5-16/h1-7,9H2. The van der Waals surface area contributed by atoms with Gasteiger partial charge in [0.2, 0.25) is 5.91 Å². The van der Waals surface area contributed by atoms with Crippen LogP contribution < -0.4 is 11.2 Å². The molecule has 0 aromatic carbocycles. The molecule has 22 heavy (non-hydrogen) atoms. The van der Waals surface area contributed by atoms with Gasteiger partial charge in [-0.15, -0.1) is 0 Å². The first-order valence-corrected chi connectivity index (χ1v) is 7.25. The Hall–Kier alpha value is -2.40. The van der Waals surface area contributed by atoms with Gasteiger partial charge in [0.05, 0.1) is 13.2 Å². The number of hydrogen-bond acceptors (Lipinski definition) is 5. The van der Waals surface area contributed by atoms with Crippen molar-refractivity contribution in [1.82, 2.24) is 14.0 Å². The van der Waals surface area contributed by atoms with E-state index in [1.165, 1.54) is 4.57 Å². The highest BCUT2D eigenvalue weighted by Gasteiger charge is 2.25. The van der Waals surface area contributed by atoms with E-state index in [2.05, 4.69) is 0 Å². The zero-order valence-corrected chi connectivity index (χ0v) is 12.1. The fourth-order valence-corrected chi connectivity index (χ4v) is 2.94. The summed E-state index contributed by atoms with van der Waals surface area (Å²) in [7, 11) is 0. The molecule has 0 N–H and O–H groups in total. The Balaban J connectivity index is 1.98. The van der Waals surface area contributed by atoms with E-state index >= 15 is 0 Å². The van der Waals surface area contributed by atoms with Crippen LogP contribution in [0.5, 0.6) is 0 Å². The van der Waals surface area contributed by atoms with Crippen molar-refractivity contribution in [2.24, 2.45) is 0 Å². The normalized spacial score (nSPS) is 17.1. The SMILES string of the molecule is N#Cc1c2n(c(=O)n(CC(=O)N3CCOCC3)c1=O)CCC2. The number of morpholine rings is 1. The van der Waals surface area contributed by atoms with Crippen LogP contribution in [0, 0.1) is 11.3 Å². The number of aromatic nitrogens is 2. The summed E-state index contributed by atoms with van der Waals surface area (Å²) in [5.74, 6) is -0.301. The van der Waals surface area contributed by atoms with Crippen LogP contribution in [0.4, 0.5) is 0 Å². The Morgan fingerprint density at radius 2 is 1.95 bits per heavy atom. The number of hydrogen-bond donors (Lipinski definition) is 0. The average Bonchev–Trinajstić information content (AvgIpc) is 3.02. The van der Waals surface area contributed by atoms with Crippen molar-refractivity contribution in [3.05, 3.63) is 32.1 Å². The van der Waals surface area contributed by atoms with E-state index in [1.54, 1.807) is 4.90 Å². The van der Waals surface area contributed by atoms with Crippen LogP contribution in [-0.2, 0) is 29.0 Å². The van der Waals surface area contributed by atoms with Crippen LogP contribution in [0.15, 0.2) is 9.59 Å². The number of carbonyl (C=O) groups is 1. The van der Waals surface area contributed by atoms with E-state index < -0.39 is 11.2 Å². The molecule has 0 bridgehead atoms. The molecule has 0 saturated carbocycles. The third-order valence-corrected chi connectivity index (χ3v) is 4.10. The van der Waals surface area contributed by atoms with Gasteiger partial charge < -0.3 is 9.64 Å². The van der Waals surface area contributed by atoms with Gasteiger partial charge in [-0.1, -0.05) is 0 Å². The number of carbonyl (C=O) groups excluding carboxylic acids is 1. The first-order valence-electron chi connectivity index (χ1n) is 7.25. The molecule has 0 unspecified atom stereocenters. The van der Waals surface area contributed by atoms with Crippen molar-refractivity contribution in [3.63, 3.8) is 0 Å². The number of nitriles is 1. The number of fused-ring (bicyclic) bond motifs is 1. The summed E-state index contributed by atoms with van der Waals surface area (Å²) in [6.45, 7) is 1.96. The third kappa shape index (κ3) is 2.33. The lowest BCUT2D eigenvalue weighted by Crippen LogP contribution is -2.48. The van der Waals surface area contributed by atoms with Crippen molar-refractivity contribution < 1.29 is 9.53 Å².